The lowest BCUT2D eigenvalue weighted by Gasteiger charge is -2.22. The summed E-state index contributed by atoms with van der Waals surface area (Å²) < 4.78 is 0. The van der Waals surface area contributed by atoms with Crippen LogP contribution in [0.3, 0.4) is 0 Å². The molecular weight excluding hydrogens is 273 g/mol. The zero-order valence-electron chi connectivity index (χ0n) is 10.3. The van der Waals surface area contributed by atoms with Gasteiger partial charge < -0.3 is 10.6 Å². The molecule has 4 nitrogen and oxygen atoms in total. The van der Waals surface area contributed by atoms with Gasteiger partial charge >= 0.3 is 0 Å². The number of nitrogens with one attached hydrogen (secondary N) is 2. The van der Waals surface area contributed by atoms with E-state index in [4.69, 9.17) is 0 Å². The summed E-state index contributed by atoms with van der Waals surface area (Å²) in [5.74, 6) is 0.0517. The first-order chi connectivity index (χ1) is 7.77. The van der Waals surface area contributed by atoms with Crippen molar-refractivity contribution >= 4 is 36.4 Å². The van der Waals surface area contributed by atoms with Gasteiger partial charge in [0.15, 0.2) is 0 Å². The molecule has 1 aliphatic rings. The zero-order valence-corrected chi connectivity index (χ0v) is 11.9. The number of aromatic nitrogens is 1. The molecule has 1 amide bonds. The number of carbonyl (C=O) groups is 1. The number of hydrogen-bond acceptors (Lipinski definition) is 3. The third-order valence-corrected chi connectivity index (χ3v) is 2.89. The third-order valence-electron chi connectivity index (χ3n) is 2.89. The quantitative estimate of drug-likeness (QED) is 0.879. The maximum Gasteiger partial charge on any atom is 0.241 e. The summed E-state index contributed by atoms with van der Waals surface area (Å²) in [5.41, 5.74) is 1.66. The van der Waals surface area contributed by atoms with Crippen LogP contribution in [0.4, 0.5) is 5.69 Å². The van der Waals surface area contributed by atoms with Gasteiger partial charge in [-0.25, -0.2) is 0 Å². The van der Waals surface area contributed by atoms with Crippen molar-refractivity contribution in [1.29, 1.82) is 0 Å². The van der Waals surface area contributed by atoms with Crippen LogP contribution >= 0.6 is 24.8 Å². The molecule has 2 N–H and O–H groups in total. The number of rotatable bonds is 2. The standard InChI is InChI=1S/C12H17N3O.2ClH/c1-9-10(6-4-8-13-9)15-12(16)11-5-2-3-7-14-11;;/h4,6,8,11,14H,2-3,5,7H2,1H3,(H,15,16);2*1H/t11-;;/m1../s1. The second-order valence-corrected chi connectivity index (χ2v) is 4.13. The van der Waals surface area contributed by atoms with Crippen molar-refractivity contribution < 1.29 is 4.79 Å². The molecule has 2 heterocycles. The summed E-state index contributed by atoms with van der Waals surface area (Å²) in [7, 11) is 0. The van der Waals surface area contributed by atoms with Crippen molar-refractivity contribution in [3.05, 3.63) is 24.0 Å². The van der Waals surface area contributed by atoms with Gasteiger partial charge in [-0.2, -0.15) is 0 Å². The van der Waals surface area contributed by atoms with Gasteiger partial charge in [0, 0.05) is 6.20 Å². The minimum absolute atomic E-state index is 0. The van der Waals surface area contributed by atoms with Crippen LogP contribution in [-0.2, 0) is 4.79 Å². The van der Waals surface area contributed by atoms with Crippen molar-refractivity contribution in [1.82, 2.24) is 10.3 Å². The predicted octanol–water partition coefficient (Wildman–Crippen LogP) is 2.31. The summed E-state index contributed by atoms with van der Waals surface area (Å²) in [5, 5.41) is 6.14. The Morgan fingerprint density at radius 2 is 2.22 bits per heavy atom. The van der Waals surface area contributed by atoms with Gasteiger partial charge in [0.2, 0.25) is 5.91 Å². The van der Waals surface area contributed by atoms with Gasteiger partial charge in [0.05, 0.1) is 17.4 Å². The first-order valence-electron chi connectivity index (χ1n) is 5.73. The van der Waals surface area contributed by atoms with E-state index < -0.39 is 0 Å². The molecule has 102 valence electrons. The molecule has 6 heteroatoms. The number of anilines is 1. The van der Waals surface area contributed by atoms with Gasteiger partial charge in [-0.1, -0.05) is 6.42 Å². The van der Waals surface area contributed by atoms with Crippen molar-refractivity contribution in [3.8, 4) is 0 Å². The number of piperidine rings is 1. The first-order valence-corrected chi connectivity index (χ1v) is 5.73. The Hall–Kier alpha value is -0.840. The fourth-order valence-corrected chi connectivity index (χ4v) is 1.91. The van der Waals surface area contributed by atoms with E-state index in [0.717, 1.165) is 37.2 Å². The molecule has 1 aromatic heterocycles. The number of carbonyl (C=O) groups excluding carboxylic acids is 1. The minimum atomic E-state index is -0.0478. The molecule has 0 aromatic carbocycles. The minimum Gasteiger partial charge on any atom is -0.323 e. The summed E-state index contributed by atoms with van der Waals surface area (Å²) in [6.45, 7) is 2.83. The molecule has 1 aliphatic heterocycles. The first kappa shape index (κ1) is 17.2. The van der Waals surface area contributed by atoms with E-state index >= 15 is 0 Å². The van der Waals surface area contributed by atoms with E-state index in [1.807, 2.05) is 19.1 Å². The summed E-state index contributed by atoms with van der Waals surface area (Å²) in [6.07, 6.45) is 4.93. The Balaban J connectivity index is 0.00000144. The Bertz CT molecular complexity index is 381. The van der Waals surface area contributed by atoms with Crippen LogP contribution in [0.25, 0.3) is 0 Å². The van der Waals surface area contributed by atoms with Crippen molar-refractivity contribution in [3.63, 3.8) is 0 Å². The number of nitrogens with zero attached hydrogens (tertiary/aromatic N) is 1. The fourth-order valence-electron chi connectivity index (χ4n) is 1.91. The van der Waals surface area contributed by atoms with Crippen molar-refractivity contribution in [2.24, 2.45) is 0 Å². The molecular formula is C12H19Cl2N3O. The van der Waals surface area contributed by atoms with Gasteiger partial charge in [-0.05, 0) is 38.4 Å². The van der Waals surface area contributed by atoms with Crippen LogP contribution in [0, 0.1) is 6.92 Å². The molecule has 1 saturated heterocycles. The molecule has 0 saturated carbocycles. The Kier molecular flexibility index (Phi) is 7.91. The monoisotopic (exact) mass is 291 g/mol. The predicted molar refractivity (Wildman–Crippen MR) is 77.7 cm³/mol. The summed E-state index contributed by atoms with van der Waals surface area (Å²) in [6, 6.07) is 3.66. The Morgan fingerprint density at radius 3 is 2.83 bits per heavy atom. The topological polar surface area (TPSA) is 54.0 Å². The van der Waals surface area contributed by atoms with E-state index in [-0.39, 0.29) is 36.8 Å². The third kappa shape index (κ3) is 4.44. The second kappa shape index (κ2) is 8.29. The smallest absolute Gasteiger partial charge is 0.241 e. The van der Waals surface area contributed by atoms with Crippen LogP contribution in [-0.4, -0.2) is 23.5 Å². The number of pyridine rings is 1. The highest BCUT2D eigenvalue weighted by Gasteiger charge is 2.20. The molecule has 18 heavy (non-hydrogen) atoms. The molecule has 0 aliphatic carbocycles. The van der Waals surface area contributed by atoms with Gasteiger partial charge in [-0.3, -0.25) is 9.78 Å². The lowest BCUT2D eigenvalue weighted by atomic mass is 10.0. The van der Waals surface area contributed by atoms with Gasteiger partial charge in [0.1, 0.15) is 0 Å². The number of hydrogen-bond donors (Lipinski definition) is 2. The lowest BCUT2D eigenvalue weighted by molar-refractivity contribution is -0.118. The second-order valence-electron chi connectivity index (χ2n) is 4.13. The largest absolute Gasteiger partial charge is 0.323 e. The van der Waals surface area contributed by atoms with Gasteiger partial charge in [-0.15, -0.1) is 24.8 Å². The van der Waals surface area contributed by atoms with Crippen LogP contribution in [0.15, 0.2) is 18.3 Å². The van der Waals surface area contributed by atoms with E-state index in [1.165, 1.54) is 0 Å². The SMILES string of the molecule is Cc1ncccc1NC(=O)[C@H]1CCCCN1.Cl.Cl. The molecule has 0 unspecified atom stereocenters. The highest BCUT2D eigenvalue weighted by Crippen LogP contribution is 2.13. The lowest BCUT2D eigenvalue weighted by Crippen LogP contribution is -2.43. The number of halogens is 2. The molecule has 2 rings (SSSR count). The number of amides is 1. The molecule has 1 atom stereocenters. The van der Waals surface area contributed by atoms with Crippen molar-refractivity contribution in [2.75, 3.05) is 11.9 Å². The molecule has 1 fully saturated rings. The van der Waals surface area contributed by atoms with E-state index in [2.05, 4.69) is 15.6 Å². The maximum atomic E-state index is 11.9. The Labute approximate surface area is 120 Å². The fraction of sp³-hybridized carbons (Fsp3) is 0.500. The van der Waals surface area contributed by atoms with Gasteiger partial charge in [0.25, 0.3) is 0 Å². The zero-order chi connectivity index (χ0) is 11.4. The van der Waals surface area contributed by atoms with Crippen LogP contribution in [0.2, 0.25) is 0 Å². The molecule has 1 aromatic rings. The van der Waals surface area contributed by atoms with Crippen LogP contribution < -0.4 is 10.6 Å². The molecule has 0 bridgehead atoms. The maximum absolute atomic E-state index is 11.9. The highest BCUT2D eigenvalue weighted by molar-refractivity contribution is 5.95. The van der Waals surface area contributed by atoms with E-state index in [1.54, 1.807) is 6.20 Å². The highest BCUT2D eigenvalue weighted by atomic mass is 35.5. The average Bonchev–Trinajstić information content (AvgIpc) is 2.33. The van der Waals surface area contributed by atoms with Crippen LogP contribution in [0.1, 0.15) is 25.0 Å². The van der Waals surface area contributed by atoms with E-state index in [0.29, 0.717) is 0 Å². The van der Waals surface area contributed by atoms with Crippen LogP contribution in [0.5, 0.6) is 0 Å². The average molecular weight is 292 g/mol. The summed E-state index contributed by atoms with van der Waals surface area (Å²) in [4.78, 5) is 16.1. The van der Waals surface area contributed by atoms with E-state index in [9.17, 15) is 4.79 Å². The Morgan fingerprint density at radius 1 is 1.44 bits per heavy atom. The normalized spacial score (nSPS) is 18.2. The molecule has 0 spiro atoms. The molecule has 0 radical (unpaired) electrons. The summed E-state index contributed by atoms with van der Waals surface area (Å²) >= 11 is 0. The number of aryl methyl sites for hydroxylation is 1. The van der Waals surface area contributed by atoms with Crippen molar-refractivity contribution in [2.45, 2.75) is 32.2 Å².